The largest absolute Gasteiger partial charge is 0.358 e. The van der Waals surface area contributed by atoms with Crippen molar-refractivity contribution in [3.63, 3.8) is 0 Å². The molecule has 0 bridgehead atoms. The molecule has 31 heavy (non-hydrogen) atoms. The number of carbonyl (C=O) groups is 2. The van der Waals surface area contributed by atoms with Crippen LogP contribution in [0.1, 0.15) is 41.8 Å². The molecule has 0 saturated carbocycles. The average Bonchev–Trinajstić information content (AvgIpc) is 3.26. The molecule has 5 rings (SSSR count). The highest BCUT2D eigenvalue weighted by Crippen LogP contribution is 2.31. The number of rotatable bonds is 3. The highest BCUT2D eigenvalue weighted by atomic mass is 16.2. The van der Waals surface area contributed by atoms with Gasteiger partial charge in [-0.05, 0) is 43.5 Å². The summed E-state index contributed by atoms with van der Waals surface area (Å²) < 4.78 is 0. The van der Waals surface area contributed by atoms with Gasteiger partial charge in [-0.2, -0.15) is 0 Å². The first-order valence-electron chi connectivity index (χ1n) is 11.2. The van der Waals surface area contributed by atoms with Crippen LogP contribution in [0.25, 0.3) is 10.9 Å². The molecule has 5 nitrogen and oxygen atoms in total. The molecule has 1 aromatic heterocycles. The quantitative estimate of drug-likeness (QED) is 0.703. The molecule has 0 aliphatic carbocycles. The zero-order valence-electron chi connectivity index (χ0n) is 18.2. The fourth-order valence-corrected chi connectivity index (χ4v) is 5.18. The fourth-order valence-electron chi connectivity index (χ4n) is 5.18. The van der Waals surface area contributed by atoms with E-state index < -0.39 is 0 Å². The lowest BCUT2D eigenvalue weighted by Crippen LogP contribution is -2.39. The minimum atomic E-state index is -0.242. The first-order chi connectivity index (χ1) is 15.0. The monoisotopic (exact) mass is 415 g/mol. The molecule has 2 amide bonds. The summed E-state index contributed by atoms with van der Waals surface area (Å²) in [6.07, 6.45) is 2.01. The van der Waals surface area contributed by atoms with Gasteiger partial charge in [-0.3, -0.25) is 9.59 Å². The van der Waals surface area contributed by atoms with Crippen molar-refractivity contribution < 1.29 is 9.59 Å². The third-order valence-corrected chi connectivity index (χ3v) is 6.98. The van der Waals surface area contributed by atoms with Gasteiger partial charge < -0.3 is 14.8 Å². The van der Waals surface area contributed by atoms with E-state index in [2.05, 4.69) is 30.1 Å². The molecular formula is C26H29N3O2. The number of hydrogen-bond acceptors (Lipinski definition) is 2. The van der Waals surface area contributed by atoms with Gasteiger partial charge >= 0.3 is 0 Å². The van der Waals surface area contributed by atoms with Gasteiger partial charge in [-0.15, -0.1) is 0 Å². The molecule has 0 radical (unpaired) electrons. The molecular weight excluding hydrogens is 386 g/mol. The lowest BCUT2D eigenvalue weighted by atomic mass is 10.0. The summed E-state index contributed by atoms with van der Waals surface area (Å²) in [6.45, 7) is 6.09. The second-order valence-electron chi connectivity index (χ2n) is 8.99. The third kappa shape index (κ3) is 3.62. The number of nitrogens with one attached hydrogen (secondary N) is 1. The van der Waals surface area contributed by atoms with E-state index in [1.807, 2.05) is 47.1 Å². The summed E-state index contributed by atoms with van der Waals surface area (Å²) in [5, 5.41) is 1.28. The number of hydrogen-bond donors (Lipinski definition) is 1. The molecule has 1 saturated heterocycles. The highest BCUT2D eigenvalue weighted by Gasteiger charge is 2.39. The SMILES string of the molecule is Cc1ccc2[nH]c3c(c2c1)CCN(C(=O)C1CC(=O)N(C(C)c2ccccc2)C1)CC3. The minimum Gasteiger partial charge on any atom is -0.358 e. The topological polar surface area (TPSA) is 56.4 Å². The van der Waals surface area contributed by atoms with Crippen molar-refractivity contribution in [3.05, 3.63) is 70.9 Å². The molecule has 1 fully saturated rings. The Morgan fingerprint density at radius 3 is 2.68 bits per heavy atom. The van der Waals surface area contributed by atoms with Gasteiger partial charge in [0.05, 0.1) is 12.0 Å². The average molecular weight is 416 g/mol. The van der Waals surface area contributed by atoms with Gasteiger partial charge in [0.25, 0.3) is 0 Å². The van der Waals surface area contributed by atoms with Crippen LogP contribution in [0.5, 0.6) is 0 Å². The Morgan fingerprint density at radius 2 is 1.87 bits per heavy atom. The zero-order valence-corrected chi connectivity index (χ0v) is 18.2. The van der Waals surface area contributed by atoms with Crippen molar-refractivity contribution >= 4 is 22.7 Å². The Hall–Kier alpha value is -3.08. The number of nitrogens with zero attached hydrogens (tertiary/aromatic N) is 2. The van der Waals surface area contributed by atoms with Gasteiger partial charge in [0.1, 0.15) is 0 Å². The van der Waals surface area contributed by atoms with Crippen molar-refractivity contribution in [1.29, 1.82) is 0 Å². The summed E-state index contributed by atoms with van der Waals surface area (Å²) >= 11 is 0. The predicted molar refractivity (Wildman–Crippen MR) is 122 cm³/mol. The maximum atomic E-state index is 13.3. The third-order valence-electron chi connectivity index (χ3n) is 6.98. The summed E-state index contributed by atoms with van der Waals surface area (Å²) in [5.41, 5.74) is 6.14. The van der Waals surface area contributed by atoms with Crippen LogP contribution in [0.4, 0.5) is 0 Å². The fraction of sp³-hybridized carbons (Fsp3) is 0.385. The van der Waals surface area contributed by atoms with E-state index in [-0.39, 0.29) is 23.8 Å². The first kappa shape index (κ1) is 19.9. The number of aromatic nitrogens is 1. The summed E-state index contributed by atoms with van der Waals surface area (Å²) in [5.74, 6) is -0.0351. The molecule has 1 N–H and O–H groups in total. The molecule has 2 aromatic carbocycles. The Bertz CT molecular complexity index is 1130. The minimum absolute atomic E-state index is 0.00922. The van der Waals surface area contributed by atoms with E-state index in [1.54, 1.807) is 0 Å². The Morgan fingerprint density at radius 1 is 1.10 bits per heavy atom. The van der Waals surface area contributed by atoms with E-state index in [1.165, 1.54) is 27.7 Å². The van der Waals surface area contributed by atoms with Crippen molar-refractivity contribution in [3.8, 4) is 0 Å². The second kappa shape index (κ2) is 7.88. The molecule has 3 aromatic rings. The van der Waals surface area contributed by atoms with E-state index in [4.69, 9.17) is 0 Å². The van der Waals surface area contributed by atoms with Crippen molar-refractivity contribution in [2.24, 2.45) is 5.92 Å². The number of carbonyl (C=O) groups excluding carboxylic acids is 2. The zero-order chi connectivity index (χ0) is 21.5. The van der Waals surface area contributed by atoms with Crippen molar-refractivity contribution in [2.75, 3.05) is 19.6 Å². The standard InChI is InChI=1S/C26H29N3O2/c1-17-8-9-23-22(14-17)21-10-12-28(13-11-24(21)27-23)26(31)20-15-25(30)29(16-20)18(2)19-6-4-3-5-7-19/h3-9,14,18,20,27H,10-13,15-16H2,1-2H3. The summed E-state index contributed by atoms with van der Waals surface area (Å²) in [6, 6.07) is 16.6. The van der Waals surface area contributed by atoms with Gasteiger partial charge in [0.15, 0.2) is 0 Å². The lowest BCUT2D eigenvalue weighted by Gasteiger charge is -2.27. The number of aromatic amines is 1. The Balaban J connectivity index is 1.28. The normalized spacial score (nSPS) is 20.1. The molecule has 3 heterocycles. The number of likely N-dealkylation sites (tertiary alicyclic amines) is 1. The molecule has 2 aliphatic rings. The lowest BCUT2D eigenvalue weighted by molar-refractivity contribution is -0.135. The smallest absolute Gasteiger partial charge is 0.228 e. The van der Waals surface area contributed by atoms with Crippen molar-refractivity contribution in [2.45, 2.75) is 39.2 Å². The molecule has 5 heteroatoms. The summed E-state index contributed by atoms with van der Waals surface area (Å²) in [4.78, 5) is 33.5. The van der Waals surface area contributed by atoms with Crippen LogP contribution in [-0.2, 0) is 22.4 Å². The Labute approximate surface area is 183 Å². The van der Waals surface area contributed by atoms with Crippen LogP contribution in [0.2, 0.25) is 0 Å². The molecule has 2 aliphatic heterocycles. The van der Waals surface area contributed by atoms with E-state index in [0.717, 1.165) is 18.4 Å². The number of H-pyrrole nitrogens is 1. The van der Waals surface area contributed by atoms with Crippen LogP contribution in [0, 0.1) is 12.8 Å². The predicted octanol–water partition coefficient (Wildman–Crippen LogP) is 4.01. The number of benzene rings is 2. The number of amides is 2. The van der Waals surface area contributed by atoms with Crippen LogP contribution in [0.3, 0.4) is 0 Å². The van der Waals surface area contributed by atoms with Gasteiger partial charge in [-0.1, -0.05) is 42.0 Å². The van der Waals surface area contributed by atoms with E-state index >= 15 is 0 Å². The molecule has 160 valence electrons. The van der Waals surface area contributed by atoms with Gasteiger partial charge in [-0.25, -0.2) is 0 Å². The molecule has 2 unspecified atom stereocenters. The second-order valence-corrected chi connectivity index (χ2v) is 8.99. The van der Waals surface area contributed by atoms with Crippen LogP contribution in [0.15, 0.2) is 48.5 Å². The highest BCUT2D eigenvalue weighted by molar-refractivity contribution is 5.90. The first-order valence-corrected chi connectivity index (χ1v) is 11.2. The van der Waals surface area contributed by atoms with E-state index in [0.29, 0.717) is 26.1 Å². The maximum Gasteiger partial charge on any atom is 0.228 e. The molecule has 0 spiro atoms. The van der Waals surface area contributed by atoms with Gasteiger partial charge in [0.2, 0.25) is 11.8 Å². The van der Waals surface area contributed by atoms with Crippen LogP contribution in [-0.4, -0.2) is 46.2 Å². The molecule has 2 atom stereocenters. The number of fused-ring (bicyclic) bond motifs is 3. The van der Waals surface area contributed by atoms with Crippen LogP contribution >= 0.6 is 0 Å². The van der Waals surface area contributed by atoms with Crippen molar-refractivity contribution in [1.82, 2.24) is 14.8 Å². The van der Waals surface area contributed by atoms with Gasteiger partial charge in [0, 0.05) is 49.1 Å². The summed E-state index contributed by atoms with van der Waals surface area (Å²) in [7, 11) is 0. The number of aryl methyl sites for hydroxylation is 1. The Kier molecular flexibility index (Phi) is 5.05. The van der Waals surface area contributed by atoms with E-state index in [9.17, 15) is 9.59 Å². The maximum absolute atomic E-state index is 13.3. The van der Waals surface area contributed by atoms with Crippen LogP contribution < -0.4 is 0 Å².